The van der Waals surface area contributed by atoms with E-state index in [1.54, 1.807) is 0 Å². The molecule has 3 rings (SSSR count). The van der Waals surface area contributed by atoms with E-state index in [0.717, 1.165) is 15.7 Å². The lowest BCUT2D eigenvalue weighted by Gasteiger charge is -2.34. The number of nitrogen functional groups attached to an aromatic ring is 1. The van der Waals surface area contributed by atoms with Gasteiger partial charge >= 0.3 is 5.69 Å². The van der Waals surface area contributed by atoms with Crippen LogP contribution < -0.4 is 17.0 Å². The van der Waals surface area contributed by atoms with Gasteiger partial charge in [0.05, 0.1) is 13.0 Å². The number of anilines is 1. The number of Topliss-reactive ketones (excluding diaryl/α,β-unsaturated/α-hetero) is 1. The Kier molecular flexibility index (Phi) is 7.53. The van der Waals surface area contributed by atoms with Gasteiger partial charge in [-0.25, -0.2) is 4.79 Å². The van der Waals surface area contributed by atoms with Crippen molar-refractivity contribution < 1.29 is 9.59 Å². The highest BCUT2D eigenvalue weighted by molar-refractivity contribution is 6.01. The van der Waals surface area contributed by atoms with Crippen molar-refractivity contribution in [1.29, 1.82) is 0 Å². The minimum Gasteiger partial charge on any atom is -0.384 e. The molecule has 2 aromatic rings. The standard InChI is InChI=1S/C24H33N5O4/c1-16(2)14-29-22(25)21(23(32)26(4)24(29)33)19(30)15-27-9-11-28(12-10-27)20(31)13-18-8-6-5-7-17(18)3/h5-8,16H,9-15,25H2,1-4H3. The van der Waals surface area contributed by atoms with Gasteiger partial charge < -0.3 is 10.6 Å². The maximum Gasteiger partial charge on any atom is 0.332 e. The van der Waals surface area contributed by atoms with Crippen LogP contribution >= 0.6 is 0 Å². The van der Waals surface area contributed by atoms with Gasteiger partial charge in [0.2, 0.25) is 5.91 Å². The van der Waals surface area contributed by atoms with Crippen LogP contribution in [0.4, 0.5) is 5.82 Å². The van der Waals surface area contributed by atoms with E-state index in [0.29, 0.717) is 39.1 Å². The molecule has 33 heavy (non-hydrogen) atoms. The van der Waals surface area contributed by atoms with Crippen LogP contribution in [-0.2, 0) is 24.8 Å². The van der Waals surface area contributed by atoms with Crippen molar-refractivity contribution >= 4 is 17.5 Å². The number of amides is 1. The van der Waals surface area contributed by atoms with Crippen LogP contribution in [-0.4, -0.2) is 63.3 Å². The van der Waals surface area contributed by atoms with Gasteiger partial charge in [-0.1, -0.05) is 38.1 Å². The van der Waals surface area contributed by atoms with Crippen LogP contribution in [0.15, 0.2) is 33.9 Å². The number of ketones is 1. The molecule has 9 heteroatoms. The highest BCUT2D eigenvalue weighted by Gasteiger charge is 2.26. The van der Waals surface area contributed by atoms with Crippen LogP contribution in [0.25, 0.3) is 0 Å². The van der Waals surface area contributed by atoms with Crippen molar-refractivity contribution in [2.45, 2.75) is 33.7 Å². The van der Waals surface area contributed by atoms with Crippen molar-refractivity contribution in [3.63, 3.8) is 0 Å². The quantitative estimate of drug-likeness (QED) is 0.614. The SMILES string of the molecule is Cc1ccccc1CC(=O)N1CCN(CC(=O)c2c(N)n(CC(C)C)c(=O)n(C)c2=O)CC1. The number of nitrogens with two attached hydrogens (primary N) is 1. The fourth-order valence-corrected chi connectivity index (χ4v) is 4.11. The third kappa shape index (κ3) is 5.42. The van der Waals surface area contributed by atoms with Crippen molar-refractivity contribution in [3.05, 3.63) is 61.8 Å². The second-order valence-corrected chi connectivity index (χ2v) is 9.09. The second kappa shape index (κ2) is 10.2. The number of nitrogens with zero attached hydrogens (tertiary/aromatic N) is 4. The summed E-state index contributed by atoms with van der Waals surface area (Å²) in [5.74, 6) is -0.302. The molecule has 0 unspecified atom stereocenters. The van der Waals surface area contributed by atoms with Gasteiger partial charge in [0.25, 0.3) is 5.56 Å². The van der Waals surface area contributed by atoms with E-state index < -0.39 is 17.0 Å². The molecule has 2 N–H and O–H groups in total. The Morgan fingerprint density at radius 3 is 2.30 bits per heavy atom. The molecule has 1 saturated heterocycles. The average Bonchev–Trinajstić information content (AvgIpc) is 2.77. The number of piperazine rings is 1. The molecule has 2 heterocycles. The first-order valence-corrected chi connectivity index (χ1v) is 11.3. The number of carbonyl (C=O) groups excluding carboxylic acids is 2. The van der Waals surface area contributed by atoms with Gasteiger partial charge in [-0.05, 0) is 24.0 Å². The number of aromatic nitrogens is 2. The topological polar surface area (TPSA) is 111 Å². The minimum atomic E-state index is -0.672. The molecule has 9 nitrogen and oxygen atoms in total. The molecule has 0 aliphatic carbocycles. The first-order chi connectivity index (χ1) is 15.6. The summed E-state index contributed by atoms with van der Waals surface area (Å²) in [6.07, 6.45) is 0.357. The van der Waals surface area contributed by atoms with Crippen molar-refractivity contribution in [1.82, 2.24) is 18.9 Å². The summed E-state index contributed by atoms with van der Waals surface area (Å²) in [4.78, 5) is 54.5. The Morgan fingerprint density at radius 1 is 1.06 bits per heavy atom. The summed E-state index contributed by atoms with van der Waals surface area (Å²) in [5.41, 5.74) is 6.88. The summed E-state index contributed by atoms with van der Waals surface area (Å²) >= 11 is 0. The molecule has 1 aromatic heterocycles. The Labute approximate surface area is 193 Å². The first kappa shape index (κ1) is 24.4. The number of hydrogen-bond acceptors (Lipinski definition) is 6. The molecule has 1 fully saturated rings. The van der Waals surface area contributed by atoms with E-state index in [4.69, 9.17) is 5.73 Å². The molecule has 0 saturated carbocycles. The summed E-state index contributed by atoms with van der Waals surface area (Å²) in [5, 5.41) is 0. The van der Waals surface area contributed by atoms with Gasteiger partial charge in [0.1, 0.15) is 11.4 Å². The van der Waals surface area contributed by atoms with E-state index in [-0.39, 0.29) is 29.8 Å². The molecular weight excluding hydrogens is 422 g/mol. The lowest BCUT2D eigenvalue weighted by atomic mass is 10.1. The highest BCUT2D eigenvalue weighted by Crippen LogP contribution is 2.13. The predicted molar refractivity (Wildman–Crippen MR) is 127 cm³/mol. The number of aryl methyl sites for hydroxylation is 1. The predicted octanol–water partition coefficient (Wildman–Crippen LogP) is 0.663. The van der Waals surface area contributed by atoms with Gasteiger partial charge in [-0.2, -0.15) is 0 Å². The number of hydrogen-bond donors (Lipinski definition) is 1. The number of carbonyl (C=O) groups is 2. The molecule has 178 valence electrons. The Hall–Kier alpha value is -3.20. The van der Waals surface area contributed by atoms with E-state index in [2.05, 4.69) is 0 Å². The highest BCUT2D eigenvalue weighted by atomic mass is 16.2. The summed E-state index contributed by atoms with van der Waals surface area (Å²) in [6.45, 7) is 8.26. The number of benzene rings is 1. The minimum absolute atomic E-state index is 0.0130. The number of rotatable bonds is 7. The average molecular weight is 456 g/mol. The molecule has 1 amide bonds. The molecule has 0 atom stereocenters. The zero-order valence-corrected chi connectivity index (χ0v) is 19.8. The molecule has 0 bridgehead atoms. The van der Waals surface area contributed by atoms with E-state index >= 15 is 0 Å². The zero-order chi connectivity index (χ0) is 24.3. The maximum atomic E-state index is 13.0. The fraction of sp³-hybridized carbons (Fsp3) is 0.500. The van der Waals surface area contributed by atoms with E-state index in [1.165, 1.54) is 11.6 Å². The fourth-order valence-electron chi connectivity index (χ4n) is 4.11. The Balaban J connectivity index is 1.66. The van der Waals surface area contributed by atoms with E-state index in [9.17, 15) is 19.2 Å². The van der Waals surface area contributed by atoms with Crippen molar-refractivity contribution in [2.75, 3.05) is 38.5 Å². The van der Waals surface area contributed by atoms with Crippen LogP contribution in [0, 0.1) is 12.8 Å². The summed E-state index contributed by atoms with van der Waals surface area (Å²) in [6, 6.07) is 7.84. The van der Waals surface area contributed by atoms with Gasteiger partial charge in [-0.15, -0.1) is 0 Å². The molecule has 0 spiro atoms. The molecule has 0 radical (unpaired) electrons. The third-order valence-corrected chi connectivity index (χ3v) is 6.10. The summed E-state index contributed by atoms with van der Waals surface area (Å²) < 4.78 is 2.23. The monoisotopic (exact) mass is 455 g/mol. The van der Waals surface area contributed by atoms with Crippen LogP contribution in [0.5, 0.6) is 0 Å². The molecule has 1 aromatic carbocycles. The summed E-state index contributed by atoms with van der Waals surface area (Å²) in [7, 11) is 1.36. The van der Waals surface area contributed by atoms with Gasteiger partial charge in [0.15, 0.2) is 5.78 Å². The van der Waals surface area contributed by atoms with Crippen LogP contribution in [0.1, 0.15) is 35.3 Å². The lowest BCUT2D eigenvalue weighted by molar-refractivity contribution is -0.132. The van der Waals surface area contributed by atoms with Crippen molar-refractivity contribution in [2.24, 2.45) is 13.0 Å². The largest absolute Gasteiger partial charge is 0.384 e. The molecular formula is C24H33N5O4. The molecule has 1 aliphatic rings. The second-order valence-electron chi connectivity index (χ2n) is 9.09. The Bertz CT molecular complexity index is 1160. The maximum absolute atomic E-state index is 13.0. The van der Waals surface area contributed by atoms with Gasteiger partial charge in [-0.3, -0.25) is 28.4 Å². The van der Waals surface area contributed by atoms with E-state index in [1.807, 2.05) is 54.8 Å². The van der Waals surface area contributed by atoms with Crippen molar-refractivity contribution in [3.8, 4) is 0 Å². The van der Waals surface area contributed by atoms with Gasteiger partial charge in [0, 0.05) is 39.8 Å². The zero-order valence-electron chi connectivity index (χ0n) is 19.8. The third-order valence-electron chi connectivity index (χ3n) is 6.10. The molecule has 1 aliphatic heterocycles. The normalized spacial score (nSPS) is 14.6. The lowest BCUT2D eigenvalue weighted by Crippen LogP contribution is -2.51. The van der Waals surface area contributed by atoms with Crippen LogP contribution in [0.2, 0.25) is 0 Å². The smallest absolute Gasteiger partial charge is 0.332 e. The first-order valence-electron chi connectivity index (χ1n) is 11.3. The Morgan fingerprint density at radius 2 is 1.70 bits per heavy atom. The van der Waals surface area contributed by atoms with Crippen LogP contribution in [0.3, 0.4) is 0 Å².